The fraction of sp³-hybridized carbons (Fsp3) is 0.357. The van der Waals surface area contributed by atoms with Crippen LogP contribution in [0.2, 0.25) is 0 Å². The van der Waals surface area contributed by atoms with Crippen LogP contribution in [0.15, 0.2) is 24.3 Å². The summed E-state index contributed by atoms with van der Waals surface area (Å²) >= 11 is 0. The van der Waals surface area contributed by atoms with Gasteiger partial charge in [0.1, 0.15) is 11.6 Å². The van der Waals surface area contributed by atoms with Crippen molar-refractivity contribution in [1.29, 1.82) is 0 Å². The van der Waals surface area contributed by atoms with Crippen LogP contribution in [0.5, 0.6) is 5.75 Å². The topological polar surface area (TPSA) is 103 Å². The lowest BCUT2D eigenvalue weighted by atomic mass is 9.88. The SMILES string of the molecule is COc1ccc(C2CCC(C(=O)O)n3nc(N)nc32)cc1. The fourth-order valence-electron chi connectivity index (χ4n) is 2.78. The summed E-state index contributed by atoms with van der Waals surface area (Å²) < 4.78 is 6.59. The van der Waals surface area contributed by atoms with Crippen molar-refractivity contribution in [3.63, 3.8) is 0 Å². The Kier molecular flexibility index (Phi) is 3.25. The molecule has 0 radical (unpaired) electrons. The molecule has 0 spiro atoms. The van der Waals surface area contributed by atoms with Crippen LogP contribution in [0, 0.1) is 0 Å². The molecular formula is C14H16N4O3. The quantitative estimate of drug-likeness (QED) is 0.885. The van der Waals surface area contributed by atoms with E-state index in [-0.39, 0.29) is 11.9 Å². The second-order valence-electron chi connectivity index (χ2n) is 5.03. The van der Waals surface area contributed by atoms with E-state index in [1.807, 2.05) is 24.3 Å². The molecule has 0 amide bonds. The molecule has 1 aliphatic heterocycles. The Balaban J connectivity index is 2.00. The first kappa shape index (κ1) is 13.4. The molecule has 0 aliphatic carbocycles. The molecule has 1 aromatic carbocycles. The van der Waals surface area contributed by atoms with E-state index >= 15 is 0 Å². The fourth-order valence-corrected chi connectivity index (χ4v) is 2.78. The minimum absolute atomic E-state index is 0.00342. The van der Waals surface area contributed by atoms with E-state index in [1.54, 1.807) is 7.11 Å². The van der Waals surface area contributed by atoms with Crippen LogP contribution in [-0.4, -0.2) is 33.0 Å². The second kappa shape index (κ2) is 5.08. The van der Waals surface area contributed by atoms with Crippen LogP contribution >= 0.6 is 0 Å². The molecule has 3 rings (SSSR count). The van der Waals surface area contributed by atoms with Gasteiger partial charge in [0.15, 0.2) is 6.04 Å². The zero-order valence-electron chi connectivity index (χ0n) is 11.6. The summed E-state index contributed by atoms with van der Waals surface area (Å²) in [6.45, 7) is 0. The average molecular weight is 288 g/mol. The molecule has 21 heavy (non-hydrogen) atoms. The van der Waals surface area contributed by atoms with Gasteiger partial charge in [-0.1, -0.05) is 12.1 Å². The smallest absolute Gasteiger partial charge is 0.328 e. The number of carboxylic acid groups (broad SMARTS) is 1. The summed E-state index contributed by atoms with van der Waals surface area (Å²) in [5, 5.41) is 13.3. The van der Waals surface area contributed by atoms with Crippen molar-refractivity contribution in [2.24, 2.45) is 0 Å². The summed E-state index contributed by atoms with van der Waals surface area (Å²) in [6.07, 6.45) is 1.20. The van der Waals surface area contributed by atoms with E-state index in [9.17, 15) is 9.90 Å². The van der Waals surface area contributed by atoms with Gasteiger partial charge < -0.3 is 15.6 Å². The summed E-state index contributed by atoms with van der Waals surface area (Å²) in [6, 6.07) is 6.98. The molecule has 0 saturated heterocycles. The van der Waals surface area contributed by atoms with E-state index in [4.69, 9.17) is 10.5 Å². The zero-order chi connectivity index (χ0) is 15.0. The highest BCUT2D eigenvalue weighted by Crippen LogP contribution is 2.37. The number of nitrogens with zero attached hydrogens (tertiary/aromatic N) is 3. The highest BCUT2D eigenvalue weighted by molar-refractivity contribution is 5.72. The average Bonchev–Trinajstić information content (AvgIpc) is 2.87. The number of ether oxygens (including phenoxy) is 1. The van der Waals surface area contributed by atoms with Crippen LogP contribution < -0.4 is 10.5 Å². The van der Waals surface area contributed by atoms with Crippen molar-refractivity contribution < 1.29 is 14.6 Å². The molecular weight excluding hydrogens is 272 g/mol. The van der Waals surface area contributed by atoms with Crippen molar-refractivity contribution in [3.8, 4) is 5.75 Å². The van der Waals surface area contributed by atoms with Crippen LogP contribution in [-0.2, 0) is 4.79 Å². The molecule has 1 aliphatic rings. The molecule has 0 bridgehead atoms. The van der Waals surface area contributed by atoms with Gasteiger partial charge in [0.2, 0.25) is 5.95 Å². The Morgan fingerprint density at radius 3 is 2.71 bits per heavy atom. The van der Waals surface area contributed by atoms with E-state index in [0.717, 1.165) is 11.3 Å². The molecule has 7 nitrogen and oxygen atoms in total. The first-order chi connectivity index (χ1) is 10.1. The van der Waals surface area contributed by atoms with E-state index < -0.39 is 12.0 Å². The maximum Gasteiger partial charge on any atom is 0.328 e. The number of rotatable bonds is 3. The zero-order valence-corrected chi connectivity index (χ0v) is 11.6. The van der Waals surface area contributed by atoms with Crippen molar-refractivity contribution in [3.05, 3.63) is 35.7 Å². The number of aromatic nitrogens is 3. The Morgan fingerprint density at radius 2 is 2.10 bits per heavy atom. The maximum absolute atomic E-state index is 11.3. The van der Waals surface area contributed by atoms with E-state index in [1.165, 1.54) is 4.68 Å². The standard InChI is InChI=1S/C14H16N4O3/c1-21-9-4-2-8(3-5-9)10-6-7-11(13(19)20)18-12(10)16-14(15)17-18/h2-5,10-11H,6-7H2,1H3,(H2,15,17)(H,19,20). The number of anilines is 1. The molecule has 3 N–H and O–H groups in total. The van der Waals surface area contributed by atoms with Gasteiger partial charge in [-0.15, -0.1) is 5.10 Å². The van der Waals surface area contributed by atoms with E-state index in [0.29, 0.717) is 18.7 Å². The van der Waals surface area contributed by atoms with Crippen molar-refractivity contribution in [2.75, 3.05) is 12.8 Å². The number of carbonyl (C=O) groups is 1. The summed E-state index contributed by atoms with van der Waals surface area (Å²) in [4.78, 5) is 15.5. The number of hydrogen-bond acceptors (Lipinski definition) is 5. The Morgan fingerprint density at radius 1 is 1.38 bits per heavy atom. The minimum atomic E-state index is -0.908. The molecule has 7 heteroatoms. The van der Waals surface area contributed by atoms with Crippen LogP contribution in [0.4, 0.5) is 5.95 Å². The second-order valence-corrected chi connectivity index (χ2v) is 5.03. The molecule has 1 aromatic heterocycles. The highest BCUT2D eigenvalue weighted by atomic mass is 16.5. The number of nitrogen functional groups attached to an aromatic ring is 1. The third-order valence-corrected chi connectivity index (χ3v) is 3.81. The van der Waals surface area contributed by atoms with Crippen LogP contribution in [0.25, 0.3) is 0 Å². The van der Waals surface area contributed by atoms with Crippen molar-refractivity contribution >= 4 is 11.9 Å². The Labute approximate surface area is 121 Å². The van der Waals surface area contributed by atoms with Gasteiger partial charge >= 0.3 is 5.97 Å². The van der Waals surface area contributed by atoms with Crippen LogP contribution in [0.1, 0.15) is 36.2 Å². The van der Waals surface area contributed by atoms with Gasteiger partial charge in [-0.3, -0.25) is 0 Å². The molecule has 2 atom stereocenters. The normalized spacial score (nSPS) is 20.8. The Hall–Kier alpha value is -2.57. The van der Waals surface area contributed by atoms with Gasteiger partial charge in [-0.05, 0) is 30.5 Å². The van der Waals surface area contributed by atoms with Gasteiger partial charge in [0, 0.05) is 5.92 Å². The number of aliphatic carboxylic acids is 1. The van der Waals surface area contributed by atoms with Crippen LogP contribution in [0.3, 0.4) is 0 Å². The van der Waals surface area contributed by atoms with Gasteiger partial charge in [-0.2, -0.15) is 4.98 Å². The van der Waals surface area contributed by atoms with Gasteiger partial charge in [0.05, 0.1) is 7.11 Å². The molecule has 2 heterocycles. The number of fused-ring (bicyclic) bond motifs is 1. The predicted molar refractivity (Wildman–Crippen MR) is 75.2 cm³/mol. The number of nitrogens with two attached hydrogens (primary N) is 1. The first-order valence-electron chi connectivity index (χ1n) is 6.69. The predicted octanol–water partition coefficient (Wildman–Crippen LogP) is 1.42. The maximum atomic E-state index is 11.3. The third-order valence-electron chi connectivity index (χ3n) is 3.81. The van der Waals surface area contributed by atoms with Crippen molar-refractivity contribution in [1.82, 2.24) is 14.8 Å². The molecule has 0 saturated carbocycles. The monoisotopic (exact) mass is 288 g/mol. The molecule has 110 valence electrons. The third kappa shape index (κ3) is 2.31. The lowest BCUT2D eigenvalue weighted by Crippen LogP contribution is -2.28. The lowest BCUT2D eigenvalue weighted by molar-refractivity contribution is -0.141. The van der Waals surface area contributed by atoms with E-state index in [2.05, 4.69) is 10.1 Å². The molecule has 2 unspecified atom stereocenters. The number of hydrogen-bond donors (Lipinski definition) is 2. The summed E-state index contributed by atoms with van der Waals surface area (Å²) in [5.74, 6) is 0.581. The number of methoxy groups -OCH3 is 1. The molecule has 2 aromatic rings. The molecule has 0 fully saturated rings. The largest absolute Gasteiger partial charge is 0.497 e. The highest BCUT2D eigenvalue weighted by Gasteiger charge is 2.34. The van der Waals surface area contributed by atoms with Gasteiger partial charge in [0.25, 0.3) is 0 Å². The Bertz CT molecular complexity index is 665. The number of carboxylic acids is 1. The minimum Gasteiger partial charge on any atom is -0.497 e. The summed E-state index contributed by atoms with van der Waals surface area (Å²) in [7, 11) is 1.62. The summed E-state index contributed by atoms with van der Waals surface area (Å²) in [5.41, 5.74) is 6.70. The van der Waals surface area contributed by atoms with Crippen molar-refractivity contribution in [2.45, 2.75) is 24.8 Å². The van der Waals surface area contributed by atoms with Gasteiger partial charge in [-0.25, -0.2) is 9.48 Å². The number of benzene rings is 1. The first-order valence-corrected chi connectivity index (χ1v) is 6.69. The lowest BCUT2D eigenvalue weighted by Gasteiger charge is -2.26.